The van der Waals surface area contributed by atoms with Crippen LogP contribution in [0.25, 0.3) is 15.3 Å². The number of aromatic nitrogens is 2. The molecule has 140 valence electrons. The molecule has 0 aliphatic heterocycles. The first-order chi connectivity index (χ1) is 12.8. The van der Waals surface area contributed by atoms with E-state index in [0.29, 0.717) is 16.1 Å². The average molecular weight is 421 g/mol. The van der Waals surface area contributed by atoms with Gasteiger partial charge in [0.2, 0.25) is 10.0 Å². The van der Waals surface area contributed by atoms with Crippen molar-refractivity contribution in [2.24, 2.45) is 0 Å². The quantitative estimate of drug-likeness (QED) is 0.548. The molecule has 0 fully saturated rings. The number of amides is 1. The third-order valence-corrected chi connectivity index (χ3v) is 7.90. The second-order valence-corrected chi connectivity index (χ2v) is 10.2. The number of thiazole rings is 1. The number of nitrogens with one attached hydrogen (secondary N) is 1. The van der Waals surface area contributed by atoms with Crippen LogP contribution in [-0.4, -0.2) is 42.1 Å². The maximum atomic E-state index is 12.6. The lowest BCUT2D eigenvalue weighted by Crippen LogP contribution is -2.23. The van der Waals surface area contributed by atoms with Gasteiger partial charge in [-0.05, 0) is 30.7 Å². The van der Waals surface area contributed by atoms with Crippen LogP contribution in [0.5, 0.6) is 0 Å². The number of nitrogens with zero attached hydrogens (tertiary/aromatic N) is 3. The van der Waals surface area contributed by atoms with E-state index in [1.54, 1.807) is 25.1 Å². The Labute approximate surface area is 163 Å². The molecule has 4 aromatic rings. The van der Waals surface area contributed by atoms with Crippen LogP contribution in [0.3, 0.4) is 0 Å². The van der Waals surface area contributed by atoms with E-state index >= 15 is 0 Å². The summed E-state index contributed by atoms with van der Waals surface area (Å²) in [6.07, 6.45) is 1.92. The van der Waals surface area contributed by atoms with Crippen LogP contribution in [0, 0.1) is 6.92 Å². The summed E-state index contributed by atoms with van der Waals surface area (Å²) < 4.78 is 28.0. The summed E-state index contributed by atoms with van der Waals surface area (Å²) in [6.45, 7) is 1.73. The van der Waals surface area contributed by atoms with Gasteiger partial charge in [0.25, 0.3) is 5.91 Å². The smallest absolute Gasteiger partial charge is 0.265 e. The highest BCUT2D eigenvalue weighted by molar-refractivity contribution is 7.89. The molecule has 1 N–H and O–H groups in total. The minimum absolute atomic E-state index is 0.174. The number of fused-ring (bicyclic) bond motifs is 3. The summed E-state index contributed by atoms with van der Waals surface area (Å²) in [5, 5.41) is 4.73. The molecule has 10 heteroatoms. The Morgan fingerprint density at radius 2 is 2.04 bits per heavy atom. The van der Waals surface area contributed by atoms with Gasteiger partial charge in [-0.3, -0.25) is 9.20 Å². The molecule has 0 spiro atoms. The summed E-state index contributed by atoms with van der Waals surface area (Å²) in [4.78, 5) is 19.5. The SMILES string of the molecule is Cc1ccc(NC(=O)c2cc3c(nc4sccn43)s2)cc1S(=O)(=O)N(C)C. The van der Waals surface area contributed by atoms with E-state index in [0.717, 1.165) is 19.6 Å². The summed E-state index contributed by atoms with van der Waals surface area (Å²) in [6, 6.07) is 6.66. The van der Waals surface area contributed by atoms with E-state index in [9.17, 15) is 13.2 Å². The van der Waals surface area contributed by atoms with E-state index in [1.165, 1.54) is 42.8 Å². The molecule has 7 nitrogen and oxygen atoms in total. The van der Waals surface area contributed by atoms with Crippen molar-refractivity contribution >= 4 is 59.6 Å². The van der Waals surface area contributed by atoms with Gasteiger partial charge in [-0.1, -0.05) is 6.07 Å². The predicted molar refractivity (Wildman–Crippen MR) is 108 cm³/mol. The number of hydrogen-bond acceptors (Lipinski definition) is 6. The molecular weight excluding hydrogens is 404 g/mol. The van der Waals surface area contributed by atoms with Crippen LogP contribution in [0.2, 0.25) is 0 Å². The first kappa shape index (κ1) is 18.1. The molecule has 1 amide bonds. The molecule has 3 heterocycles. The van der Waals surface area contributed by atoms with Crippen LogP contribution in [0.1, 0.15) is 15.2 Å². The van der Waals surface area contributed by atoms with Gasteiger partial charge in [0.15, 0.2) is 4.96 Å². The summed E-state index contributed by atoms with van der Waals surface area (Å²) in [5.74, 6) is -0.293. The molecule has 0 bridgehead atoms. The fraction of sp³-hybridized carbons (Fsp3) is 0.176. The fourth-order valence-corrected chi connectivity index (χ4v) is 5.54. The van der Waals surface area contributed by atoms with E-state index in [2.05, 4.69) is 10.3 Å². The van der Waals surface area contributed by atoms with Gasteiger partial charge in [0.1, 0.15) is 4.83 Å². The molecule has 0 saturated carbocycles. The Bertz CT molecular complexity index is 1280. The van der Waals surface area contributed by atoms with Crippen LogP contribution in [0.4, 0.5) is 5.69 Å². The number of benzene rings is 1. The lowest BCUT2D eigenvalue weighted by atomic mass is 10.2. The Kier molecular flexibility index (Phi) is 4.30. The summed E-state index contributed by atoms with van der Waals surface area (Å²) in [7, 11) is -0.629. The van der Waals surface area contributed by atoms with Crippen LogP contribution in [-0.2, 0) is 10.0 Å². The number of hydrogen-bond donors (Lipinski definition) is 1. The Morgan fingerprint density at radius 3 is 2.78 bits per heavy atom. The van der Waals surface area contributed by atoms with Gasteiger partial charge < -0.3 is 5.32 Å². The van der Waals surface area contributed by atoms with E-state index in [-0.39, 0.29) is 10.8 Å². The molecule has 0 aliphatic rings. The van der Waals surface area contributed by atoms with Crippen LogP contribution in [0.15, 0.2) is 40.7 Å². The van der Waals surface area contributed by atoms with Crippen molar-refractivity contribution in [1.82, 2.24) is 13.7 Å². The number of anilines is 1. The molecule has 0 atom stereocenters. The molecule has 1 aromatic carbocycles. The zero-order valence-corrected chi connectivity index (χ0v) is 17.2. The van der Waals surface area contributed by atoms with Crippen molar-refractivity contribution in [3.05, 3.63) is 46.3 Å². The molecular formula is C17H16N4O3S3. The lowest BCUT2D eigenvalue weighted by Gasteiger charge is -2.15. The number of rotatable bonds is 4. The number of sulfonamides is 1. The Morgan fingerprint density at radius 1 is 1.26 bits per heavy atom. The topological polar surface area (TPSA) is 83.8 Å². The fourth-order valence-electron chi connectivity index (χ4n) is 2.70. The van der Waals surface area contributed by atoms with E-state index < -0.39 is 10.0 Å². The zero-order valence-electron chi connectivity index (χ0n) is 14.8. The number of carbonyl (C=O) groups is 1. The van der Waals surface area contributed by atoms with Gasteiger partial charge >= 0.3 is 0 Å². The lowest BCUT2D eigenvalue weighted by molar-refractivity contribution is 0.103. The second-order valence-electron chi connectivity index (χ2n) is 6.19. The average Bonchev–Trinajstić information content (AvgIpc) is 3.28. The predicted octanol–water partition coefficient (Wildman–Crippen LogP) is 3.42. The second kappa shape index (κ2) is 6.41. The molecule has 27 heavy (non-hydrogen) atoms. The van der Waals surface area contributed by atoms with Crippen molar-refractivity contribution < 1.29 is 13.2 Å². The molecule has 3 aromatic heterocycles. The Hall–Kier alpha value is -2.27. The third kappa shape index (κ3) is 3.04. The normalized spacial score (nSPS) is 12.3. The van der Waals surface area contributed by atoms with Crippen molar-refractivity contribution in [2.75, 3.05) is 19.4 Å². The number of thiophene rings is 1. The first-order valence-corrected chi connectivity index (χ1v) is 11.1. The number of carbonyl (C=O) groups excluding carboxylic acids is 1. The van der Waals surface area contributed by atoms with Crippen molar-refractivity contribution in [1.29, 1.82) is 0 Å². The number of aryl methyl sites for hydroxylation is 1. The minimum atomic E-state index is -3.59. The monoisotopic (exact) mass is 420 g/mol. The van der Waals surface area contributed by atoms with E-state index in [4.69, 9.17) is 0 Å². The molecule has 0 unspecified atom stereocenters. The van der Waals surface area contributed by atoms with Gasteiger partial charge in [0.05, 0.1) is 15.3 Å². The standard InChI is InChI=1S/C17H16N4O3S3/c1-10-4-5-11(8-14(10)27(23,24)20(2)3)18-15(22)13-9-12-16(26-13)19-17-21(12)6-7-25-17/h4-9H,1-3H3,(H,18,22). The van der Waals surface area contributed by atoms with Gasteiger partial charge in [-0.25, -0.2) is 17.7 Å². The number of imidazole rings is 1. The third-order valence-electron chi connectivity index (χ3n) is 4.17. The van der Waals surface area contributed by atoms with Crippen molar-refractivity contribution in [3.63, 3.8) is 0 Å². The molecule has 0 saturated heterocycles. The highest BCUT2D eigenvalue weighted by atomic mass is 32.2. The van der Waals surface area contributed by atoms with Crippen LogP contribution < -0.4 is 5.32 Å². The van der Waals surface area contributed by atoms with Crippen LogP contribution >= 0.6 is 22.7 Å². The van der Waals surface area contributed by atoms with Gasteiger partial charge in [0, 0.05) is 31.4 Å². The van der Waals surface area contributed by atoms with E-state index in [1.807, 2.05) is 16.0 Å². The molecule has 4 rings (SSSR count). The minimum Gasteiger partial charge on any atom is -0.321 e. The van der Waals surface area contributed by atoms with Gasteiger partial charge in [-0.15, -0.1) is 22.7 Å². The maximum Gasteiger partial charge on any atom is 0.265 e. The molecule has 0 aliphatic carbocycles. The molecule has 0 radical (unpaired) electrons. The largest absolute Gasteiger partial charge is 0.321 e. The summed E-state index contributed by atoms with van der Waals surface area (Å²) >= 11 is 2.85. The highest BCUT2D eigenvalue weighted by Crippen LogP contribution is 2.29. The zero-order chi connectivity index (χ0) is 19.3. The Balaban J connectivity index is 1.65. The highest BCUT2D eigenvalue weighted by Gasteiger charge is 2.21. The van der Waals surface area contributed by atoms with Crippen molar-refractivity contribution in [2.45, 2.75) is 11.8 Å². The van der Waals surface area contributed by atoms with Crippen molar-refractivity contribution in [3.8, 4) is 0 Å². The first-order valence-electron chi connectivity index (χ1n) is 7.97. The van der Waals surface area contributed by atoms with Gasteiger partial charge in [-0.2, -0.15) is 0 Å². The maximum absolute atomic E-state index is 12.6. The summed E-state index contributed by atoms with van der Waals surface area (Å²) in [5.41, 5.74) is 1.94.